The summed E-state index contributed by atoms with van der Waals surface area (Å²) in [6.45, 7) is 1.93. The van der Waals surface area contributed by atoms with E-state index in [1.165, 1.54) is 11.3 Å². The Bertz CT molecular complexity index is 676. The highest BCUT2D eigenvalue weighted by atomic mass is 32.1. The first-order valence-corrected chi connectivity index (χ1v) is 8.08. The van der Waals surface area contributed by atoms with Crippen LogP contribution in [0.3, 0.4) is 0 Å². The maximum atomic E-state index is 12.4. The number of benzene rings is 1. The number of hydrogen-bond donors (Lipinski definition) is 1. The Morgan fingerprint density at radius 3 is 2.50 bits per heavy atom. The molecule has 2 aromatic rings. The summed E-state index contributed by atoms with van der Waals surface area (Å²) in [5, 5.41) is 2.90. The molecule has 1 aromatic heterocycles. The normalized spacial score (nSPS) is 15.1. The summed E-state index contributed by atoms with van der Waals surface area (Å²) in [5.41, 5.74) is 0.683. The van der Waals surface area contributed by atoms with Crippen molar-refractivity contribution < 1.29 is 14.3 Å². The standard InChI is InChI=1S/C17H17NO3S/c1-11-7-10-14(22-11)17(20)21-15(12-5-3-2-4-6-12)16(19)18-13-8-9-13/h2-7,10,13,15H,8-9H2,1H3,(H,18,19)/t15-/m1/s1. The van der Waals surface area contributed by atoms with Crippen molar-refractivity contribution in [1.29, 1.82) is 0 Å². The van der Waals surface area contributed by atoms with Crippen molar-refractivity contribution >= 4 is 23.2 Å². The molecule has 1 heterocycles. The van der Waals surface area contributed by atoms with Gasteiger partial charge in [-0.1, -0.05) is 30.3 Å². The molecule has 0 radical (unpaired) electrons. The fraction of sp³-hybridized carbons (Fsp3) is 0.294. The summed E-state index contributed by atoms with van der Waals surface area (Å²) in [6.07, 6.45) is 1.08. The van der Waals surface area contributed by atoms with Gasteiger partial charge in [0.15, 0.2) is 0 Å². The van der Waals surface area contributed by atoms with Gasteiger partial charge in [0.05, 0.1) is 0 Å². The summed E-state index contributed by atoms with van der Waals surface area (Å²) in [7, 11) is 0. The number of aryl methyl sites for hydroxylation is 1. The molecule has 4 nitrogen and oxygen atoms in total. The summed E-state index contributed by atoms with van der Waals surface area (Å²) in [6, 6.07) is 12.9. The number of rotatable bonds is 5. The van der Waals surface area contributed by atoms with Crippen LogP contribution in [0.15, 0.2) is 42.5 Å². The Labute approximate surface area is 133 Å². The Morgan fingerprint density at radius 1 is 1.18 bits per heavy atom. The molecule has 22 heavy (non-hydrogen) atoms. The zero-order valence-electron chi connectivity index (χ0n) is 12.2. The SMILES string of the molecule is Cc1ccc(C(=O)O[C@@H](C(=O)NC2CC2)c2ccccc2)s1. The van der Waals surface area contributed by atoms with Crippen LogP contribution in [0.2, 0.25) is 0 Å². The van der Waals surface area contributed by atoms with Crippen LogP contribution in [0.5, 0.6) is 0 Å². The van der Waals surface area contributed by atoms with E-state index >= 15 is 0 Å². The third kappa shape index (κ3) is 3.54. The number of ether oxygens (including phenoxy) is 1. The Balaban J connectivity index is 1.78. The Kier molecular flexibility index (Phi) is 4.24. The predicted molar refractivity (Wildman–Crippen MR) is 84.8 cm³/mol. The van der Waals surface area contributed by atoms with E-state index in [1.807, 2.05) is 31.2 Å². The lowest BCUT2D eigenvalue weighted by molar-refractivity contribution is -0.130. The van der Waals surface area contributed by atoms with Crippen molar-refractivity contribution in [3.8, 4) is 0 Å². The highest BCUT2D eigenvalue weighted by molar-refractivity contribution is 7.13. The molecule has 1 amide bonds. The van der Waals surface area contributed by atoms with Crippen molar-refractivity contribution in [2.24, 2.45) is 0 Å². The minimum absolute atomic E-state index is 0.224. The number of carbonyl (C=O) groups is 2. The first kappa shape index (κ1) is 14.8. The first-order valence-electron chi connectivity index (χ1n) is 7.26. The van der Waals surface area contributed by atoms with Crippen molar-refractivity contribution in [3.05, 3.63) is 57.8 Å². The molecule has 0 spiro atoms. The maximum absolute atomic E-state index is 12.4. The fourth-order valence-electron chi connectivity index (χ4n) is 2.11. The number of carbonyl (C=O) groups excluding carboxylic acids is 2. The van der Waals surface area contributed by atoms with E-state index in [2.05, 4.69) is 5.32 Å². The molecule has 0 saturated heterocycles. The quantitative estimate of drug-likeness (QED) is 0.862. The molecule has 1 atom stereocenters. The third-order valence-corrected chi connectivity index (χ3v) is 4.41. The van der Waals surface area contributed by atoms with Gasteiger partial charge in [0.1, 0.15) is 4.88 Å². The number of hydrogen-bond acceptors (Lipinski definition) is 4. The molecule has 0 bridgehead atoms. The molecule has 5 heteroatoms. The molecule has 0 aliphatic heterocycles. The number of amides is 1. The zero-order valence-corrected chi connectivity index (χ0v) is 13.1. The van der Waals surface area contributed by atoms with E-state index in [4.69, 9.17) is 4.74 Å². The van der Waals surface area contributed by atoms with Gasteiger partial charge in [-0.3, -0.25) is 4.79 Å². The van der Waals surface area contributed by atoms with E-state index in [0.717, 1.165) is 17.7 Å². The fourth-order valence-corrected chi connectivity index (χ4v) is 2.87. The highest BCUT2D eigenvalue weighted by Crippen LogP contribution is 2.25. The zero-order chi connectivity index (χ0) is 15.5. The van der Waals surface area contributed by atoms with Crippen LogP contribution in [0.25, 0.3) is 0 Å². The van der Waals surface area contributed by atoms with E-state index in [-0.39, 0.29) is 11.9 Å². The van der Waals surface area contributed by atoms with E-state index in [9.17, 15) is 9.59 Å². The van der Waals surface area contributed by atoms with Crippen molar-refractivity contribution in [2.45, 2.75) is 31.9 Å². The van der Waals surface area contributed by atoms with Crippen LogP contribution in [0.4, 0.5) is 0 Å². The highest BCUT2D eigenvalue weighted by Gasteiger charge is 2.31. The van der Waals surface area contributed by atoms with Gasteiger partial charge in [-0.25, -0.2) is 4.79 Å². The average molecular weight is 315 g/mol. The van der Waals surface area contributed by atoms with Gasteiger partial charge in [-0.15, -0.1) is 11.3 Å². The average Bonchev–Trinajstić information content (AvgIpc) is 3.23. The molecule has 1 saturated carbocycles. The van der Waals surface area contributed by atoms with Gasteiger partial charge < -0.3 is 10.1 Å². The van der Waals surface area contributed by atoms with Gasteiger partial charge in [-0.2, -0.15) is 0 Å². The van der Waals surface area contributed by atoms with Gasteiger partial charge in [0.2, 0.25) is 6.10 Å². The molecule has 1 fully saturated rings. The first-order chi connectivity index (χ1) is 10.6. The Hall–Kier alpha value is -2.14. The lowest BCUT2D eigenvalue weighted by Gasteiger charge is -2.17. The van der Waals surface area contributed by atoms with Gasteiger partial charge in [-0.05, 0) is 31.9 Å². The predicted octanol–water partition coefficient (Wildman–Crippen LogP) is 3.23. The molecular formula is C17H17NO3S. The molecule has 1 N–H and O–H groups in total. The molecule has 3 rings (SSSR count). The van der Waals surface area contributed by atoms with Gasteiger partial charge in [0.25, 0.3) is 5.91 Å². The van der Waals surface area contributed by atoms with Crippen LogP contribution in [0, 0.1) is 6.92 Å². The molecule has 1 aliphatic rings. The topological polar surface area (TPSA) is 55.4 Å². The van der Waals surface area contributed by atoms with Crippen molar-refractivity contribution in [2.75, 3.05) is 0 Å². The number of esters is 1. The smallest absolute Gasteiger partial charge is 0.349 e. The summed E-state index contributed by atoms with van der Waals surface area (Å²) in [4.78, 5) is 26.2. The molecular weight excluding hydrogens is 298 g/mol. The van der Waals surface area contributed by atoms with Crippen molar-refractivity contribution in [1.82, 2.24) is 5.32 Å². The van der Waals surface area contributed by atoms with Gasteiger partial charge in [0, 0.05) is 16.5 Å². The third-order valence-electron chi connectivity index (χ3n) is 3.43. The van der Waals surface area contributed by atoms with Crippen molar-refractivity contribution in [3.63, 3.8) is 0 Å². The van der Waals surface area contributed by atoms with Crippen LogP contribution in [-0.4, -0.2) is 17.9 Å². The van der Waals surface area contributed by atoms with Crippen LogP contribution < -0.4 is 5.32 Å². The van der Waals surface area contributed by atoms with Crippen LogP contribution in [0.1, 0.15) is 39.1 Å². The molecule has 0 unspecified atom stereocenters. The summed E-state index contributed by atoms with van der Waals surface area (Å²) < 4.78 is 5.49. The summed E-state index contributed by atoms with van der Waals surface area (Å²) >= 11 is 1.36. The lowest BCUT2D eigenvalue weighted by Crippen LogP contribution is -2.33. The largest absolute Gasteiger partial charge is 0.443 e. The number of nitrogens with one attached hydrogen (secondary N) is 1. The van der Waals surface area contributed by atoms with E-state index in [0.29, 0.717) is 10.4 Å². The van der Waals surface area contributed by atoms with Gasteiger partial charge >= 0.3 is 5.97 Å². The summed E-state index contributed by atoms with van der Waals surface area (Å²) in [5.74, 6) is -0.715. The number of thiophene rings is 1. The van der Waals surface area contributed by atoms with Crippen LogP contribution in [-0.2, 0) is 9.53 Å². The second-order valence-corrected chi connectivity index (χ2v) is 6.68. The van der Waals surface area contributed by atoms with E-state index in [1.54, 1.807) is 18.2 Å². The second-order valence-electron chi connectivity index (χ2n) is 5.39. The minimum Gasteiger partial charge on any atom is -0.443 e. The monoisotopic (exact) mass is 315 g/mol. The molecule has 114 valence electrons. The Morgan fingerprint density at radius 2 is 1.91 bits per heavy atom. The molecule has 1 aliphatic carbocycles. The molecule has 1 aromatic carbocycles. The lowest BCUT2D eigenvalue weighted by atomic mass is 10.1. The second kappa shape index (κ2) is 6.32. The maximum Gasteiger partial charge on any atom is 0.349 e. The minimum atomic E-state index is -0.906. The van der Waals surface area contributed by atoms with Crippen LogP contribution >= 0.6 is 11.3 Å². The van der Waals surface area contributed by atoms with E-state index < -0.39 is 12.1 Å².